The Hall–Kier alpha value is -0.170. The summed E-state index contributed by atoms with van der Waals surface area (Å²) in [6.07, 6.45) is 5.57. The van der Waals surface area contributed by atoms with Crippen molar-refractivity contribution in [1.29, 1.82) is 0 Å². The van der Waals surface area contributed by atoms with Gasteiger partial charge in [-0.2, -0.15) is 4.31 Å². The summed E-state index contributed by atoms with van der Waals surface area (Å²) in [6, 6.07) is 0.775. The zero-order chi connectivity index (χ0) is 13.0. The molecule has 1 aliphatic carbocycles. The monoisotopic (exact) mass is 276 g/mol. The van der Waals surface area contributed by atoms with Gasteiger partial charge in [-0.3, -0.25) is 0 Å². The van der Waals surface area contributed by atoms with Gasteiger partial charge in [0, 0.05) is 32.3 Å². The summed E-state index contributed by atoms with van der Waals surface area (Å²) in [4.78, 5) is 0. The predicted molar refractivity (Wildman–Crippen MR) is 71.0 cm³/mol. The van der Waals surface area contributed by atoms with Crippen LogP contribution in [-0.4, -0.2) is 57.4 Å². The molecular weight excluding hydrogens is 252 g/mol. The van der Waals surface area contributed by atoms with Gasteiger partial charge in [0.05, 0.1) is 12.4 Å². The van der Waals surface area contributed by atoms with Crippen molar-refractivity contribution in [3.05, 3.63) is 0 Å². The SMILES string of the molecule is COCCS(=O)(=O)N1CCCCC1CNC1CC1. The maximum atomic E-state index is 12.2. The van der Waals surface area contributed by atoms with Gasteiger partial charge in [0.25, 0.3) is 0 Å². The second-order valence-electron chi connectivity index (χ2n) is 5.25. The quantitative estimate of drug-likeness (QED) is 0.738. The number of methoxy groups -OCH3 is 1. The molecule has 0 aromatic carbocycles. The minimum Gasteiger partial charge on any atom is -0.384 e. The summed E-state index contributed by atoms with van der Waals surface area (Å²) in [5.74, 6) is 0.101. The third-order valence-electron chi connectivity index (χ3n) is 3.70. The summed E-state index contributed by atoms with van der Waals surface area (Å²) in [5.41, 5.74) is 0. The molecular formula is C12H24N2O3S. The van der Waals surface area contributed by atoms with Crippen LogP contribution in [0.25, 0.3) is 0 Å². The molecule has 1 atom stereocenters. The van der Waals surface area contributed by atoms with Crippen LogP contribution in [0.2, 0.25) is 0 Å². The Labute approximate surface area is 110 Å². The molecule has 0 bridgehead atoms. The van der Waals surface area contributed by atoms with E-state index in [4.69, 9.17) is 4.74 Å². The maximum absolute atomic E-state index is 12.2. The molecule has 1 heterocycles. The van der Waals surface area contributed by atoms with Gasteiger partial charge in [-0.25, -0.2) is 8.42 Å². The van der Waals surface area contributed by atoms with Gasteiger partial charge in [-0.05, 0) is 25.7 Å². The van der Waals surface area contributed by atoms with E-state index in [9.17, 15) is 8.42 Å². The topological polar surface area (TPSA) is 58.6 Å². The summed E-state index contributed by atoms with van der Waals surface area (Å²) in [7, 11) is -1.61. The molecule has 0 aromatic rings. The van der Waals surface area contributed by atoms with E-state index in [0.29, 0.717) is 12.6 Å². The Morgan fingerprint density at radius 1 is 1.28 bits per heavy atom. The molecule has 1 aliphatic heterocycles. The van der Waals surface area contributed by atoms with Crippen molar-refractivity contribution in [2.24, 2.45) is 0 Å². The van der Waals surface area contributed by atoms with Crippen molar-refractivity contribution in [3.8, 4) is 0 Å². The molecule has 1 saturated heterocycles. The Morgan fingerprint density at radius 2 is 2.06 bits per heavy atom. The van der Waals surface area contributed by atoms with Gasteiger partial charge in [-0.1, -0.05) is 6.42 Å². The summed E-state index contributed by atoms with van der Waals surface area (Å²) in [5, 5.41) is 3.45. The van der Waals surface area contributed by atoms with Crippen molar-refractivity contribution in [3.63, 3.8) is 0 Å². The molecule has 18 heavy (non-hydrogen) atoms. The highest BCUT2D eigenvalue weighted by Gasteiger charge is 2.33. The number of nitrogens with zero attached hydrogens (tertiary/aromatic N) is 1. The molecule has 0 amide bonds. The third-order valence-corrected chi connectivity index (χ3v) is 5.57. The molecule has 1 saturated carbocycles. The van der Waals surface area contributed by atoms with E-state index in [1.165, 1.54) is 20.0 Å². The third kappa shape index (κ3) is 3.91. The fourth-order valence-electron chi connectivity index (χ4n) is 2.44. The van der Waals surface area contributed by atoms with Crippen molar-refractivity contribution in [2.45, 2.75) is 44.2 Å². The fourth-order valence-corrected chi connectivity index (χ4v) is 4.09. The summed E-state index contributed by atoms with van der Waals surface area (Å²) < 4.78 is 31.1. The Morgan fingerprint density at radius 3 is 2.72 bits per heavy atom. The zero-order valence-corrected chi connectivity index (χ0v) is 11.9. The molecule has 1 unspecified atom stereocenters. The van der Waals surface area contributed by atoms with E-state index >= 15 is 0 Å². The summed E-state index contributed by atoms with van der Waals surface area (Å²) in [6.45, 7) is 1.75. The van der Waals surface area contributed by atoms with E-state index in [1.54, 1.807) is 4.31 Å². The van der Waals surface area contributed by atoms with E-state index in [0.717, 1.165) is 25.8 Å². The molecule has 2 aliphatic rings. The first-order valence-electron chi connectivity index (χ1n) is 6.85. The zero-order valence-electron chi connectivity index (χ0n) is 11.1. The number of hydrogen-bond acceptors (Lipinski definition) is 4. The smallest absolute Gasteiger partial charge is 0.216 e. The Kier molecular flexibility index (Phi) is 5.00. The lowest BCUT2D eigenvalue weighted by atomic mass is 10.1. The number of rotatable bonds is 7. The Bertz CT molecular complexity index is 354. The molecule has 0 spiro atoms. The van der Waals surface area contributed by atoms with Gasteiger partial charge in [0.15, 0.2) is 0 Å². The summed E-state index contributed by atoms with van der Waals surface area (Å²) >= 11 is 0. The van der Waals surface area contributed by atoms with Crippen LogP contribution < -0.4 is 5.32 Å². The van der Waals surface area contributed by atoms with Crippen LogP contribution in [0, 0.1) is 0 Å². The molecule has 0 radical (unpaired) electrons. The average Bonchev–Trinajstić information content (AvgIpc) is 3.18. The normalized spacial score (nSPS) is 26.4. The molecule has 6 heteroatoms. The first-order valence-corrected chi connectivity index (χ1v) is 8.46. The van der Waals surface area contributed by atoms with Crippen LogP contribution in [0.3, 0.4) is 0 Å². The molecule has 0 aromatic heterocycles. The molecule has 2 rings (SSSR count). The molecule has 106 valence electrons. The van der Waals surface area contributed by atoms with Crippen LogP contribution in [-0.2, 0) is 14.8 Å². The minimum atomic E-state index is -3.15. The maximum Gasteiger partial charge on any atom is 0.216 e. The van der Waals surface area contributed by atoms with Crippen LogP contribution in [0.15, 0.2) is 0 Å². The van der Waals surface area contributed by atoms with Crippen LogP contribution in [0.1, 0.15) is 32.1 Å². The largest absolute Gasteiger partial charge is 0.384 e. The van der Waals surface area contributed by atoms with Crippen LogP contribution >= 0.6 is 0 Å². The second kappa shape index (κ2) is 6.32. The molecule has 1 N–H and O–H groups in total. The van der Waals surface area contributed by atoms with E-state index < -0.39 is 10.0 Å². The molecule has 5 nitrogen and oxygen atoms in total. The van der Waals surface area contributed by atoms with Gasteiger partial charge >= 0.3 is 0 Å². The average molecular weight is 276 g/mol. The second-order valence-corrected chi connectivity index (χ2v) is 7.29. The Balaban J connectivity index is 1.92. The highest BCUT2D eigenvalue weighted by atomic mass is 32.2. The lowest BCUT2D eigenvalue weighted by molar-refractivity contribution is 0.209. The number of hydrogen-bond donors (Lipinski definition) is 1. The lowest BCUT2D eigenvalue weighted by Gasteiger charge is -2.34. The van der Waals surface area contributed by atoms with Crippen molar-refractivity contribution in [1.82, 2.24) is 9.62 Å². The van der Waals surface area contributed by atoms with Crippen LogP contribution in [0.4, 0.5) is 0 Å². The van der Waals surface area contributed by atoms with E-state index in [2.05, 4.69) is 5.32 Å². The van der Waals surface area contributed by atoms with Gasteiger partial charge in [0.2, 0.25) is 10.0 Å². The number of ether oxygens (including phenoxy) is 1. The number of nitrogens with one attached hydrogen (secondary N) is 1. The van der Waals surface area contributed by atoms with Crippen molar-refractivity contribution in [2.75, 3.05) is 32.6 Å². The van der Waals surface area contributed by atoms with Crippen LogP contribution in [0.5, 0.6) is 0 Å². The van der Waals surface area contributed by atoms with Gasteiger partial charge in [-0.15, -0.1) is 0 Å². The van der Waals surface area contributed by atoms with E-state index in [1.807, 2.05) is 0 Å². The standard InChI is InChI=1S/C12H24N2O3S/c1-17-8-9-18(15,16)14-7-3-2-4-12(14)10-13-11-5-6-11/h11-13H,2-10H2,1H3. The first kappa shape index (κ1) is 14.2. The fraction of sp³-hybridized carbons (Fsp3) is 1.00. The number of sulfonamides is 1. The molecule has 2 fully saturated rings. The lowest BCUT2D eigenvalue weighted by Crippen LogP contribution is -2.49. The van der Waals surface area contributed by atoms with Crippen molar-refractivity contribution < 1.29 is 13.2 Å². The van der Waals surface area contributed by atoms with Crippen molar-refractivity contribution >= 4 is 10.0 Å². The number of piperidine rings is 1. The van der Waals surface area contributed by atoms with Gasteiger partial charge < -0.3 is 10.1 Å². The predicted octanol–water partition coefficient (Wildman–Crippen LogP) is 0.569. The highest BCUT2D eigenvalue weighted by Crippen LogP contribution is 2.23. The minimum absolute atomic E-state index is 0.101. The van der Waals surface area contributed by atoms with E-state index in [-0.39, 0.29) is 18.4 Å². The van der Waals surface area contributed by atoms with Gasteiger partial charge in [0.1, 0.15) is 0 Å². The highest BCUT2D eigenvalue weighted by molar-refractivity contribution is 7.89. The first-order chi connectivity index (χ1) is 8.63.